The molecule has 0 fully saturated rings. The van der Waals surface area contributed by atoms with E-state index in [2.05, 4.69) is 11.8 Å². The Balaban J connectivity index is 3.02. The van der Waals surface area contributed by atoms with Crippen LogP contribution in [0.1, 0.15) is 22.3 Å². The van der Waals surface area contributed by atoms with E-state index >= 15 is 0 Å². The van der Waals surface area contributed by atoms with Crippen LogP contribution >= 0.6 is 11.6 Å². The van der Waals surface area contributed by atoms with E-state index in [-0.39, 0.29) is 12.2 Å². The molecule has 1 rings (SSSR count). The smallest absolute Gasteiger partial charge is 0.335 e. The number of carbonyl (C=O) groups is 1. The normalized spacial score (nSPS) is 9.20. The van der Waals surface area contributed by atoms with Crippen molar-refractivity contribution in [3.8, 4) is 11.8 Å². The number of benzene rings is 1. The van der Waals surface area contributed by atoms with Crippen molar-refractivity contribution in [1.29, 1.82) is 0 Å². The van der Waals surface area contributed by atoms with E-state index in [1.165, 1.54) is 18.2 Å². The van der Waals surface area contributed by atoms with Gasteiger partial charge in [0.2, 0.25) is 0 Å². The van der Waals surface area contributed by atoms with E-state index in [0.717, 1.165) is 0 Å². The first-order chi connectivity index (χ1) is 7.15. The molecule has 3 nitrogen and oxygen atoms in total. The number of hydrogen-bond donors (Lipinski definition) is 2. The monoisotopic (exact) mass is 224 g/mol. The van der Waals surface area contributed by atoms with Crippen LogP contribution in [0.25, 0.3) is 0 Å². The molecule has 0 atom stereocenters. The number of halogens is 1. The van der Waals surface area contributed by atoms with Gasteiger partial charge in [-0.05, 0) is 18.2 Å². The van der Waals surface area contributed by atoms with Gasteiger partial charge in [-0.15, -0.1) is 0 Å². The summed E-state index contributed by atoms with van der Waals surface area (Å²) >= 11 is 5.82. The molecular formula is C11H9ClO3. The Labute approximate surface area is 92.3 Å². The van der Waals surface area contributed by atoms with Gasteiger partial charge in [0.15, 0.2) is 0 Å². The Hall–Kier alpha value is -1.50. The molecule has 0 saturated carbocycles. The third-order valence-electron chi connectivity index (χ3n) is 1.67. The summed E-state index contributed by atoms with van der Waals surface area (Å²) in [4.78, 5) is 10.7. The fourth-order valence-electron chi connectivity index (χ4n) is 0.968. The van der Waals surface area contributed by atoms with Gasteiger partial charge in [0.25, 0.3) is 0 Å². The lowest BCUT2D eigenvalue weighted by Gasteiger charge is -1.98. The number of aromatic carboxylic acids is 1. The van der Waals surface area contributed by atoms with E-state index < -0.39 is 5.97 Å². The Bertz CT molecular complexity index is 429. The van der Waals surface area contributed by atoms with Crippen molar-refractivity contribution < 1.29 is 15.0 Å². The molecule has 0 aliphatic rings. The van der Waals surface area contributed by atoms with Gasteiger partial charge < -0.3 is 10.2 Å². The average Bonchev–Trinajstić information content (AvgIpc) is 2.20. The lowest BCUT2D eigenvalue weighted by atomic mass is 10.1. The largest absolute Gasteiger partial charge is 0.478 e. The lowest BCUT2D eigenvalue weighted by molar-refractivity contribution is 0.0697. The fourth-order valence-corrected chi connectivity index (χ4v) is 1.13. The predicted octanol–water partition coefficient (Wildman–Crippen LogP) is 1.77. The minimum Gasteiger partial charge on any atom is -0.478 e. The molecule has 0 heterocycles. The van der Waals surface area contributed by atoms with E-state index in [9.17, 15) is 4.79 Å². The van der Waals surface area contributed by atoms with Crippen molar-refractivity contribution in [2.24, 2.45) is 0 Å². The van der Waals surface area contributed by atoms with Gasteiger partial charge in [-0.2, -0.15) is 0 Å². The standard InChI is InChI=1S/C11H9ClO3/c12-10-5-4-9(11(14)15)7-8(10)3-1-2-6-13/h4-5,7,13H,2,6H2,(H,14,15). The van der Waals surface area contributed by atoms with Crippen LogP contribution < -0.4 is 0 Å². The minimum absolute atomic E-state index is 0.0246. The summed E-state index contributed by atoms with van der Waals surface area (Å²) in [5, 5.41) is 17.7. The fraction of sp³-hybridized carbons (Fsp3) is 0.182. The number of aliphatic hydroxyl groups is 1. The molecular weight excluding hydrogens is 216 g/mol. The number of carboxylic acids is 1. The number of hydrogen-bond acceptors (Lipinski definition) is 2. The minimum atomic E-state index is -1.02. The highest BCUT2D eigenvalue weighted by molar-refractivity contribution is 6.31. The van der Waals surface area contributed by atoms with Gasteiger partial charge in [0.05, 0.1) is 17.2 Å². The third-order valence-corrected chi connectivity index (χ3v) is 2.00. The molecule has 2 N–H and O–H groups in total. The molecule has 1 aromatic carbocycles. The first-order valence-corrected chi connectivity index (χ1v) is 4.65. The molecule has 0 aliphatic heterocycles. The second-order valence-electron chi connectivity index (χ2n) is 2.78. The zero-order valence-electron chi connectivity index (χ0n) is 7.83. The summed E-state index contributed by atoms with van der Waals surface area (Å²) in [5.74, 6) is 4.37. The van der Waals surface area contributed by atoms with Crippen LogP contribution in [0, 0.1) is 11.8 Å². The highest BCUT2D eigenvalue weighted by Crippen LogP contribution is 2.16. The van der Waals surface area contributed by atoms with E-state index in [1.54, 1.807) is 0 Å². The van der Waals surface area contributed by atoms with Gasteiger partial charge in [0, 0.05) is 12.0 Å². The van der Waals surface area contributed by atoms with Crippen LogP contribution in [-0.2, 0) is 0 Å². The molecule has 1 aromatic rings. The summed E-state index contributed by atoms with van der Waals surface area (Å²) < 4.78 is 0. The number of carboxylic acid groups (broad SMARTS) is 1. The van der Waals surface area contributed by atoms with Crippen molar-refractivity contribution in [1.82, 2.24) is 0 Å². The average molecular weight is 225 g/mol. The van der Waals surface area contributed by atoms with Crippen LogP contribution in [0.15, 0.2) is 18.2 Å². The maximum absolute atomic E-state index is 10.7. The third kappa shape index (κ3) is 3.28. The highest BCUT2D eigenvalue weighted by atomic mass is 35.5. The summed E-state index contributed by atoms with van der Waals surface area (Å²) in [6, 6.07) is 4.32. The molecule has 0 aromatic heterocycles. The predicted molar refractivity (Wildman–Crippen MR) is 57.0 cm³/mol. The zero-order valence-corrected chi connectivity index (χ0v) is 8.58. The lowest BCUT2D eigenvalue weighted by Crippen LogP contribution is -1.96. The SMILES string of the molecule is O=C(O)c1ccc(Cl)c(C#CCCO)c1. The van der Waals surface area contributed by atoms with E-state index in [4.69, 9.17) is 21.8 Å². The zero-order chi connectivity index (χ0) is 11.3. The summed E-state index contributed by atoms with van der Waals surface area (Å²) in [7, 11) is 0. The highest BCUT2D eigenvalue weighted by Gasteiger charge is 2.05. The number of aliphatic hydroxyl groups excluding tert-OH is 1. The Morgan fingerprint density at radius 2 is 2.20 bits per heavy atom. The van der Waals surface area contributed by atoms with Crippen LogP contribution in [0.5, 0.6) is 0 Å². The van der Waals surface area contributed by atoms with Crippen molar-refractivity contribution >= 4 is 17.6 Å². The molecule has 0 saturated heterocycles. The van der Waals surface area contributed by atoms with E-state index in [1.807, 2.05) is 0 Å². The first kappa shape index (κ1) is 11.6. The molecule has 0 aliphatic carbocycles. The van der Waals surface area contributed by atoms with Crippen LogP contribution in [0.4, 0.5) is 0 Å². The van der Waals surface area contributed by atoms with Crippen molar-refractivity contribution in [2.75, 3.05) is 6.61 Å². The Kier molecular flexibility index (Phi) is 4.17. The molecule has 0 bridgehead atoms. The second kappa shape index (κ2) is 5.40. The maximum atomic E-state index is 10.7. The van der Waals surface area contributed by atoms with Gasteiger partial charge in [-0.25, -0.2) is 4.79 Å². The van der Waals surface area contributed by atoms with Crippen molar-refractivity contribution in [3.63, 3.8) is 0 Å². The Morgan fingerprint density at radius 3 is 2.80 bits per heavy atom. The van der Waals surface area contributed by atoms with Crippen molar-refractivity contribution in [3.05, 3.63) is 34.3 Å². The summed E-state index contributed by atoms with van der Waals surface area (Å²) in [6.07, 6.45) is 0.341. The van der Waals surface area contributed by atoms with Crippen molar-refractivity contribution in [2.45, 2.75) is 6.42 Å². The first-order valence-electron chi connectivity index (χ1n) is 4.27. The van der Waals surface area contributed by atoms with Gasteiger partial charge in [0.1, 0.15) is 0 Å². The topological polar surface area (TPSA) is 57.5 Å². The molecule has 15 heavy (non-hydrogen) atoms. The molecule has 4 heteroatoms. The van der Waals surface area contributed by atoms with Gasteiger partial charge in [-0.1, -0.05) is 23.4 Å². The van der Waals surface area contributed by atoms with Gasteiger partial charge in [-0.3, -0.25) is 0 Å². The quantitative estimate of drug-likeness (QED) is 0.753. The van der Waals surface area contributed by atoms with Crippen LogP contribution in [0.3, 0.4) is 0 Å². The van der Waals surface area contributed by atoms with Crippen LogP contribution in [0.2, 0.25) is 5.02 Å². The second-order valence-corrected chi connectivity index (χ2v) is 3.18. The van der Waals surface area contributed by atoms with Crippen LogP contribution in [-0.4, -0.2) is 22.8 Å². The summed E-state index contributed by atoms with van der Waals surface area (Å²) in [6.45, 7) is -0.0246. The summed E-state index contributed by atoms with van der Waals surface area (Å²) in [5.41, 5.74) is 0.609. The molecule has 0 spiro atoms. The molecule has 0 amide bonds. The van der Waals surface area contributed by atoms with E-state index in [0.29, 0.717) is 17.0 Å². The Morgan fingerprint density at radius 1 is 1.47 bits per heavy atom. The molecule has 0 unspecified atom stereocenters. The van der Waals surface area contributed by atoms with Gasteiger partial charge >= 0.3 is 5.97 Å². The maximum Gasteiger partial charge on any atom is 0.335 e. The molecule has 78 valence electrons. The molecule has 0 radical (unpaired) electrons. The number of rotatable bonds is 2.